The third kappa shape index (κ3) is 5.33. The molecule has 0 aliphatic carbocycles. The lowest BCUT2D eigenvalue weighted by Crippen LogP contribution is -2.35. The molecule has 3 aromatic rings. The molecule has 1 heterocycles. The fourth-order valence-corrected chi connectivity index (χ4v) is 3.10. The van der Waals surface area contributed by atoms with Crippen LogP contribution in [0.25, 0.3) is 0 Å². The Bertz CT molecular complexity index is 935. The molecule has 0 saturated carbocycles. The van der Waals surface area contributed by atoms with Crippen molar-refractivity contribution >= 4 is 27.6 Å². The summed E-state index contributed by atoms with van der Waals surface area (Å²) in [6.45, 7) is 5.22. The van der Waals surface area contributed by atoms with Crippen molar-refractivity contribution in [2.45, 2.75) is 13.1 Å². The average Bonchev–Trinajstić information content (AvgIpc) is 3.12. The number of amides is 2. The van der Waals surface area contributed by atoms with Gasteiger partial charge in [0.25, 0.3) is 0 Å². The predicted octanol–water partition coefficient (Wildman–Crippen LogP) is 5.66. The molecule has 0 radical (unpaired) electrons. The number of carbonyl (C=O) groups is 1. The number of urea groups is 1. The first-order chi connectivity index (χ1) is 13.5. The number of nitrogens with one attached hydrogen (secondary N) is 1. The van der Waals surface area contributed by atoms with Crippen LogP contribution in [0.15, 0.2) is 84.0 Å². The van der Waals surface area contributed by atoms with Gasteiger partial charge in [-0.15, -0.1) is 6.58 Å². The number of halogens is 2. The summed E-state index contributed by atoms with van der Waals surface area (Å²) in [4.78, 5) is 14.4. The number of nitrogens with zero attached hydrogens (tertiary/aromatic N) is 2. The Morgan fingerprint density at radius 2 is 1.86 bits per heavy atom. The van der Waals surface area contributed by atoms with Crippen molar-refractivity contribution in [1.29, 1.82) is 0 Å². The lowest BCUT2D eigenvalue weighted by molar-refractivity contribution is 0.214. The van der Waals surface area contributed by atoms with E-state index < -0.39 is 0 Å². The number of aromatic nitrogens is 1. The van der Waals surface area contributed by atoms with Crippen LogP contribution >= 0.6 is 15.9 Å². The van der Waals surface area contributed by atoms with Gasteiger partial charge < -0.3 is 14.8 Å². The van der Waals surface area contributed by atoms with E-state index in [1.807, 2.05) is 42.6 Å². The van der Waals surface area contributed by atoms with Crippen LogP contribution in [0.5, 0.6) is 0 Å². The molecule has 1 N–H and O–H groups in total. The number of benzene rings is 2. The number of carbonyl (C=O) groups excluding carboxylic acids is 1. The molecule has 28 heavy (non-hydrogen) atoms. The van der Waals surface area contributed by atoms with Gasteiger partial charge in [0.1, 0.15) is 5.82 Å². The maximum Gasteiger partial charge on any atom is 0.322 e. The van der Waals surface area contributed by atoms with Crippen molar-refractivity contribution in [2.75, 3.05) is 11.9 Å². The highest BCUT2D eigenvalue weighted by molar-refractivity contribution is 9.10. The smallest absolute Gasteiger partial charge is 0.322 e. The molecule has 0 atom stereocenters. The van der Waals surface area contributed by atoms with Crippen LogP contribution in [0, 0.1) is 5.82 Å². The van der Waals surface area contributed by atoms with Gasteiger partial charge in [-0.25, -0.2) is 9.18 Å². The summed E-state index contributed by atoms with van der Waals surface area (Å²) in [6, 6.07) is 17.6. The predicted molar refractivity (Wildman–Crippen MR) is 114 cm³/mol. The van der Waals surface area contributed by atoms with E-state index in [2.05, 4.69) is 32.4 Å². The number of hydrogen-bond donors (Lipinski definition) is 1. The van der Waals surface area contributed by atoms with Gasteiger partial charge in [-0.05, 0) is 54.1 Å². The second kappa shape index (κ2) is 9.37. The Balaban J connectivity index is 1.71. The van der Waals surface area contributed by atoms with E-state index >= 15 is 0 Å². The van der Waals surface area contributed by atoms with Crippen LogP contribution in [-0.2, 0) is 13.1 Å². The second-order valence-corrected chi connectivity index (χ2v) is 7.28. The molecule has 0 aliphatic heterocycles. The first-order valence-electron chi connectivity index (χ1n) is 8.86. The summed E-state index contributed by atoms with van der Waals surface area (Å²) >= 11 is 3.38. The number of anilines is 1. The van der Waals surface area contributed by atoms with Crippen molar-refractivity contribution in [3.8, 4) is 0 Å². The van der Waals surface area contributed by atoms with Gasteiger partial charge in [0.2, 0.25) is 0 Å². The Morgan fingerprint density at radius 3 is 2.54 bits per heavy atom. The molecule has 0 saturated heterocycles. The van der Waals surface area contributed by atoms with Crippen LogP contribution in [-0.4, -0.2) is 22.0 Å². The van der Waals surface area contributed by atoms with E-state index in [0.29, 0.717) is 19.6 Å². The summed E-state index contributed by atoms with van der Waals surface area (Å²) in [5, 5.41) is 2.91. The molecule has 2 aromatic carbocycles. The highest BCUT2D eigenvalue weighted by atomic mass is 79.9. The van der Waals surface area contributed by atoms with Gasteiger partial charge in [0.05, 0.1) is 6.54 Å². The third-order valence-electron chi connectivity index (χ3n) is 4.27. The van der Waals surface area contributed by atoms with E-state index in [0.717, 1.165) is 21.4 Å². The van der Waals surface area contributed by atoms with E-state index in [1.165, 1.54) is 12.1 Å². The summed E-state index contributed by atoms with van der Waals surface area (Å²) in [5.74, 6) is -0.252. The second-order valence-electron chi connectivity index (χ2n) is 6.36. The maximum absolute atomic E-state index is 13.1. The fraction of sp³-hybridized carbons (Fsp3) is 0.136. The summed E-state index contributed by atoms with van der Waals surface area (Å²) in [5.41, 5.74) is 2.70. The van der Waals surface area contributed by atoms with E-state index in [4.69, 9.17) is 0 Å². The molecule has 3 rings (SSSR count). The minimum absolute atomic E-state index is 0.197. The molecule has 2 amide bonds. The first-order valence-corrected chi connectivity index (χ1v) is 9.65. The monoisotopic (exact) mass is 441 g/mol. The van der Waals surface area contributed by atoms with Crippen LogP contribution in [0.4, 0.5) is 14.9 Å². The van der Waals surface area contributed by atoms with Gasteiger partial charge in [0, 0.05) is 35.1 Å². The highest BCUT2D eigenvalue weighted by Gasteiger charge is 2.15. The van der Waals surface area contributed by atoms with Crippen LogP contribution in [0.1, 0.15) is 11.3 Å². The Labute approximate surface area is 172 Å². The first kappa shape index (κ1) is 19.9. The van der Waals surface area contributed by atoms with E-state index in [1.54, 1.807) is 23.1 Å². The molecular weight excluding hydrogens is 421 g/mol. The van der Waals surface area contributed by atoms with Crippen molar-refractivity contribution in [3.63, 3.8) is 0 Å². The normalized spacial score (nSPS) is 10.5. The van der Waals surface area contributed by atoms with Crippen molar-refractivity contribution in [2.24, 2.45) is 0 Å². The molecule has 4 nitrogen and oxygen atoms in total. The Kier molecular flexibility index (Phi) is 6.66. The summed E-state index contributed by atoms with van der Waals surface area (Å²) in [6.07, 6.45) is 3.66. The van der Waals surface area contributed by atoms with Gasteiger partial charge in [-0.3, -0.25) is 0 Å². The fourth-order valence-electron chi connectivity index (χ4n) is 2.84. The zero-order chi connectivity index (χ0) is 19.9. The average molecular weight is 442 g/mol. The molecule has 0 unspecified atom stereocenters. The van der Waals surface area contributed by atoms with E-state index in [-0.39, 0.29) is 11.8 Å². The van der Waals surface area contributed by atoms with Crippen molar-refractivity contribution < 1.29 is 9.18 Å². The SMILES string of the molecule is C=CCN(Cc1cccn1Cc1ccc(F)cc1)C(=O)Nc1ccc(Br)cc1. The van der Waals surface area contributed by atoms with Gasteiger partial charge >= 0.3 is 6.03 Å². The lowest BCUT2D eigenvalue weighted by Gasteiger charge is -2.23. The minimum Gasteiger partial charge on any atom is -0.345 e. The summed E-state index contributed by atoms with van der Waals surface area (Å²) in [7, 11) is 0. The molecule has 0 aliphatic rings. The molecule has 144 valence electrons. The molecular formula is C22H21BrFN3O. The van der Waals surface area contributed by atoms with Gasteiger partial charge in [0.15, 0.2) is 0 Å². The highest BCUT2D eigenvalue weighted by Crippen LogP contribution is 2.16. The van der Waals surface area contributed by atoms with Gasteiger partial charge in [-0.2, -0.15) is 0 Å². The topological polar surface area (TPSA) is 37.3 Å². The molecule has 0 fully saturated rings. The molecule has 0 spiro atoms. The standard InChI is InChI=1S/C22H21BrFN3O/c1-2-13-27(22(28)25-20-11-7-18(23)8-12-20)16-21-4-3-14-26(21)15-17-5-9-19(24)10-6-17/h2-12,14H,1,13,15-16H2,(H,25,28). The van der Waals surface area contributed by atoms with E-state index in [9.17, 15) is 9.18 Å². The number of rotatable bonds is 7. The maximum atomic E-state index is 13.1. The Hall–Kier alpha value is -2.86. The quantitative estimate of drug-likeness (QED) is 0.472. The minimum atomic E-state index is -0.252. The van der Waals surface area contributed by atoms with Crippen LogP contribution in [0.3, 0.4) is 0 Å². The number of hydrogen-bond acceptors (Lipinski definition) is 1. The zero-order valence-electron chi connectivity index (χ0n) is 15.3. The zero-order valence-corrected chi connectivity index (χ0v) is 16.9. The van der Waals surface area contributed by atoms with Crippen LogP contribution < -0.4 is 5.32 Å². The van der Waals surface area contributed by atoms with Gasteiger partial charge in [-0.1, -0.05) is 34.1 Å². The molecule has 0 bridgehead atoms. The molecule has 6 heteroatoms. The summed E-state index contributed by atoms with van der Waals surface area (Å²) < 4.78 is 16.1. The van der Waals surface area contributed by atoms with Crippen molar-refractivity contribution in [3.05, 3.63) is 101 Å². The largest absolute Gasteiger partial charge is 0.345 e. The Morgan fingerprint density at radius 1 is 1.14 bits per heavy atom. The lowest BCUT2D eigenvalue weighted by atomic mass is 10.2. The molecule has 1 aromatic heterocycles. The van der Waals surface area contributed by atoms with Crippen molar-refractivity contribution in [1.82, 2.24) is 9.47 Å². The van der Waals surface area contributed by atoms with Crippen LogP contribution in [0.2, 0.25) is 0 Å². The third-order valence-corrected chi connectivity index (χ3v) is 4.80.